The first-order valence-corrected chi connectivity index (χ1v) is 16.4. The largest absolute Gasteiger partial charge is 0.0619 e. The van der Waals surface area contributed by atoms with Crippen LogP contribution in [0, 0.1) is 0 Å². The molecule has 0 heteroatoms. The van der Waals surface area contributed by atoms with Crippen LogP contribution >= 0.6 is 0 Å². The maximum Gasteiger partial charge on any atom is 0.0159 e. The zero-order valence-corrected chi connectivity index (χ0v) is 26.9. The molecule has 0 radical (unpaired) electrons. The summed E-state index contributed by atoms with van der Waals surface area (Å²) >= 11 is 0. The van der Waals surface area contributed by atoms with E-state index >= 15 is 0 Å². The minimum absolute atomic E-state index is 0.00232. The number of benzene rings is 7. The van der Waals surface area contributed by atoms with E-state index in [1.807, 2.05) is 0 Å². The van der Waals surface area contributed by atoms with Crippen molar-refractivity contribution in [1.82, 2.24) is 0 Å². The highest BCUT2D eigenvalue weighted by molar-refractivity contribution is 5.97. The molecule has 0 saturated heterocycles. The van der Waals surface area contributed by atoms with E-state index in [9.17, 15) is 0 Å². The standard InChI is InChI=1S/C46H36/c1-45(2)41-15-8-7-13-37(41)38-24-21-33(27-42(38)45)34-22-25-40-39-23-20-32(26-43(39)46(3,4)44(40)28-34)29-16-18-31(19-17-29)36-14-9-11-30-10-5-6-12-35(30)36/h5-28H,1-4H3. The molecular weight excluding hydrogens is 553 g/mol. The fourth-order valence-corrected chi connectivity index (χ4v) is 8.30. The Hall–Kier alpha value is -5.20. The first kappa shape index (κ1) is 27.1. The van der Waals surface area contributed by atoms with E-state index in [4.69, 9.17) is 0 Å². The molecule has 2 aliphatic carbocycles. The molecule has 46 heavy (non-hydrogen) atoms. The Morgan fingerprint density at radius 2 is 0.717 bits per heavy atom. The average Bonchev–Trinajstić information content (AvgIpc) is 3.46. The Kier molecular flexibility index (Phi) is 5.69. The van der Waals surface area contributed by atoms with Gasteiger partial charge in [-0.15, -0.1) is 0 Å². The van der Waals surface area contributed by atoms with E-state index in [0.29, 0.717) is 0 Å². The predicted octanol–water partition coefficient (Wildman–Crippen LogP) is 12.5. The van der Waals surface area contributed by atoms with Gasteiger partial charge < -0.3 is 0 Å². The van der Waals surface area contributed by atoms with Gasteiger partial charge in [-0.25, -0.2) is 0 Å². The summed E-state index contributed by atoms with van der Waals surface area (Å²) in [6, 6.07) is 54.5. The summed E-state index contributed by atoms with van der Waals surface area (Å²) < 4.78 is 0. The lowest BCUT2D eigenvalue weighted by Crippen LogP contribution is -2.15. The van der Waals surface area contributed by atoms with Gasteiger partial charge in [0.15, 0.2) is 0 Å². The Morgan fingerprint density at radius 1 is 0.304 bits per heavy atom. The number of hydrogen-bond acceptors (Lipinski definition) is 0. The lowest BCUT2D eigenvalue weighted by molar-refractivity contribution is 0.659. The van der Waals surface area contributed by atoms with Gasteiger partial charge in [-0.05, 0) is 107 Å². The number of fused-ring (bicyclic) bond motifs is 7. The van der Waals surface area contributed by atoms with Crippen LogP contribution in [0.2, 0.25) is 0 Å². The van der Waals surface area contributed by atoms with E-state index in [0.717, 1.165) is 0 Å². The molecule has 0 spiro atoms. The highest BCUT2D eigenvalue weighted by atomic mass is 14.4. The van der Waals surface area contributed by atoms with Crippen LogP contribution in [0.15, 0.2) is 146 Å². The van der Waals surface area contributed by atoms with E-state index in [-0.39, 0.29) is 10.8 Å². The normalized spacial score (nSPS) is 14.9. The molecule has 7 aromatic rings. The molecular formula is C46H36. The van der Waals surface area contributed by atoms with E-state index in [2.05, 4.69) is 173 Å². The summed E-state index contributed by atoms with van der Waals surface area (Å²) in [5, 5.41) is 2.57. The van der Waals surface area contributed by atoms with Crippen molar-refractivity contribution in [1.29, 1.82) is 0 Å². The van der Waals surface area contributed by atoms with Crippen molar-refractivity contribution in [2.75, 3.05) is 0 Å². The fraction of sp³-hybridized carbons (Fsp3) is 0.130. The molecule has 0 bridgehead atoms. The van der Waals surface area contributed by atoms with Crippen LogP contribution in [0.4, 0.5) is 0 Å². The average molecular weight is 589 g/mol. The van der Waals surface area contributed by atoms with E-state index < -0.39 is 0 Å². The quantitative estimate of drug-likeness (QED) is 0.193. The molecule has 0 aliphatic heterocycles. The second-order valence-corrected chi connectivity index (χ2v) is 14.2. The van der Waals surface area contributed by atoms with Crippen LogP contribution in [0.5, 0.6) is 0 Å². The molecule has 9 rings (SSSR count). The molecule has 220 valence electrons. The third-order valence-electron chi connectivity index (χ3n) is 10.9. The lowest BCUT2D eigenvalue weighted by atomic mass is 9.80. The van der Waals surface area contributed by atoms with Crippen molar-refractivity contribution in [3.63, 3.8) is 0 Å². The summed E-state index contributed by atoms with van der Waals surface area (Å²) in [6.45, 7) is 9.49. The van der Waals surface area contributed by atoms with Crippen LogP contribution < -0.4 is 0 Å². The highest BCUT2D eigenvalue weighted by Crippen LogP contribution is 2.52. The van der Waals surface area contributed by atoms with Crippen molar-refractivity contribution < 1.29 is 0 Å². The molecule has 7 aromatic carbocycles. The van der Waals surface area contributed by atoms with Crippen molar-refractivity contribution in [2.45, 2.75) is 38.5 Å². The molecule has 0 aromatic heterocycles. The van der Waals surface area contributed by atoms with Crippen LogP contribution in [0.25, 0.3) is 66.4 Å². The van der Waals surface area contributed by atoms with Crippen LogP contribution in [0.3, 0.4) is 0 Å². The second-order valence-electron chi connectivity index (χ2n) is 14.2. The molecule has 0 unspecified atom stereocenters. The Labute approximate surface area is 272 Å². The number of rotatable bonds is 3. The van der Waals surface area contributed by atoms with Crippen molar-refractivity contribution in [2.24, 2.45) is 0 Å². The summed E-state index contributed by atoms with van der Waals surface area (Å²) in [7, 11) is 0. The first-order valence-electron chi connectivity index (χ1n) is 16.4. The second kappa shape index (κ2) is 9.65. The SMILES string of the molecule is CC1(C)c2ccccc2-c2ccc(-c3ccc4c(c3)C(C)(C)c3cc(-c5ccc(-c6cccc7ccccc67)cc5)ccc3-4)cc21. The van der Waals surface area contributed by atoms with Crippen molar-refractivity contribution in [3.05, 3.63) is 168 Å². The van der Waals surface area contributed by atoms with Gasteiger partial charge in [-0.2, -0.15) is 0 Å². The zero-order valence-electron chi connectivity index (χ0n) is 26.9. The predicted molar refractivity (Wildman–Crippen MR) is 195 cm³/mol. The zero-order chi connectivity index (χ0) is 31.2. The molecule has 0 nitrogen and oxygen atoms in total. The van der Waals surface area contributed by atoms with Crippen LogP contribution in [-0.4, -0.2) is 0 Å². The van der Waals surface area contributed by atoms with Gasteiger partial charge >= 0.3 is 0 Å². The van der Waals surface area contributed by atoms with Crippen LogP contribution in [-0.2, 0) is 10.8 Å². The first-order chi connectivity index (χ1) is 22.3. The van der Waals surface area contributed by atoms with Crippen molar-refractivity contribution in [3.8, 4) is 55.6 Å². The Morgan fingerprint density at radius 3 is 1.35 bits per heavy atom. The van der Waals surface area contributed by atoms with Gasteiger partial charge in [0.05, 0.1) is 0 Å². The minimum Gasteiger partial charge on any atom is -0.0619 e. The molecule has 0 amide bonds. The highest BCUT2D eigenvalue weighted by Gasteiger charge is 2.37. The fourth-order valence-electron chi connectivity index (χ4n) is 8.30. The topological polar surface area (TPSA) is 0 Å². The third-order valence-corrected chi connectivity index (χ3v) is 10.9. The van der Waals surface area contributed by atoms with Gasteiger partial charge in [0.2, 0.25) is 0 Å². The van der Waals surface area contributed by atoms with Crippen LogP contribution in [0.1, 0.15) is 49.9 Å². The Bertz CT molecular complexity index is 2340. The summed E-state index contributed by atoms with van der Waals surface area (Å²) in [5.41, 5.74) is 18.7. The van der Waals surface area contributed by atoms with Gasteiger partial charge in [0.1, 0.15) is 0 Å². The molecule has 0 saturated carbocycles. The minimum atomic E-state index is -0.0915. The summed E-state index contributed by atoms with van der Waals surface area (Å²) in [5.74, 6) is 0. The molecule has 2 aliphatic rings. The summed E-state index contributed by atoms with van der Waals surface area (Å²) in [6.07, 6.45) is 0. The van der Waals surface area contributed by atoms with Gasteiger partial charge in [0, 0.05) is 10.8 Å². The van der Waals surface area contributed by atoms with Crippen molar-refractivity contribution >= 4 is 10.8 Å². The smallest absolute Gasteiger partial charge is 0.0159 e. The lowest BCUT2D eigenvalue weighted by Gasteiger charge is -2.23. The molecule has 0 heterocycles. The third kappa shape index (κ3) is 3.86. The molecule has 0 N–H and O–H groups in total. The van der Waals surface area contributed by atoms with E-state index in [1.54, 1.807) is 0 Å². The monoisotopic (exact) mass is 588 g/mol. The maximum atomic E-state index is 2.45. The van der Waals surface area contributed by atoms with Gasteiger partial charge in [0.25, 0.3) is 0 Å². The molecule has 0 atom stereocenters. The summed E-state index contributed by atoms with van der Waals surface area (Å²) in [4.78, 5) is 0. The Balaban J connectivity index is 1.06. The number of hydrogen-bond donors (Lipinski definition) is 0. The van der Waals surface area contributed by atoms with E-state index in [1.165, 1.54) is 88.7 Å². The molecule has 0 fully saturated rings. The van der Waals surface area contributed by atoms with Gasteiger partial charge in [-0.3, -0.25) is 0 Å². The maximum absolute atomic E-state index is 2.45. The van der Waals surface area contributed by atoms with Gasteiger partial charge in [-0.1, -0.05) is 155 Å².